The van der Waals surface area contributed by atoms with Gasteiger partial charge in [0.25, 0.3) is 0 Å². The van der Waals surface area contributed by atoms with Gasteiger partial charge in [-0.1, -0.05) is 13.3 Å². The average molecular weight is 153 g/mol. The first-order valence-electron chi connectivity index (χ1n) is 3.71. The summed E-state index contributed by atoms with van der Waals surface area (Å²) in [6.45, 7) is 2.93. The van der Waals surface area contributed by atoms with E-state index in [0.29, 0.717) is 5.82 Å². The third-order valence-corrected chi connectivity index (χ3v) is 1.50. The van der Waals surface area contributed by atoms with Crippen molar-refractivity contribution in [2.75, 3.05) is 0 Å². The smallest absolute Gasteiger partial charge is 0.196 e. The lowest BCUT2D eigenvalue weighted by molar-refractivity contribution is 0.111. The molecule has 1 aromatic heterocycles. The van der Waals surface area contributed by atoms with Gasteiger partial charge in [0, 0.05) is 6.54 Å². The van der Waals surface area contributed by atoms with Crippen LogP contribution in [0.2, 0.25) is 0 Å². The van der Waals surface area contributed by atoms with Gasteiger partial charge in [0.1, 0.15) is 6.33 Å². The molecule has 60 valence electrons. The zero-order valence-corrected chi connectivity index (χ0v) is 6.53. The Balaban J connectivity index is 2.61. The number of aryl methyl sites for hydroxylation is 1. The van der Waals surface area contributed by atoms with E-state index < -0.39 is 0 Å². The number of rotatable bonds is 4. The first-order valence-corrected chi connectivity index (χ1v) is 3.71. The van der Waals surface area contributed by atoms with E-state index in [9.17, 15) is 4.79 Å². The minimum Gasteiger partial charge on any atom is -0.311 e. The third kappa shape index (κ3) is 1.86. The molecular formula is C7H11N3O. The van der Waals surface area contributed by atoms with Crippen molar-refractivity contribution in [2.24, 2.45) is 0 Å². The molecule has 0 unspecified atom stereocenters. The van der Waals surface area contributed by atoms with Crippen LogP contribution in [0.3, 0.4) is 0 Å². The minimum absolute atomic E-state index is 0.415. The van der Waals surface area contributed by atoms with E-state index in [-0.39, 0.29) is 0 Å². The molecule has 1 aromatic rings. The highest BCUT2D eigenvalue weighted by Crippen LogP contribution is 1.96. The van der Waals surface area contributed by atoms with Crippen LogP contribution in [0.25, 0.3) is 0 Å². The van der Waals surface area contributed by atoms with Gasteiger partial charge in [-0.25, -0.2) is 0 Å². The van der Waals surface area contributed by atoms with Crippen LogP contribution in [0.15, 0.2) is 6.33 Å². The van der Waals surface area contributed by atoms with E-state index in [1.807, 2.05) is 0 Å². The molecule has 4 heteroatoms. The predicted molar refractivity (Wildman–Crippen MR) is 40.3 cm³/mol. The number of hydrogen-bond donors (Lipinski definition) is 0. The number of aromatic nitrogens is 3. The molecule has 0 aliphatic heterocycles. The monoisotopic (exact) mass is 153 g/mol. The fourth-order valence-electron chi connectivity index (χ4n) is 0.856. The number of hydrogen-bond acceptors (Lipinski definition) is 3. The Hall–Kier alpha value is -1.19. The van der Waals surface area contributed by atoms with Crippen LogP contribution in [0.1, 0.15) is 30.4 Å². The average Bonchev–Trinajstić information content (AvgIpc) is 2.47. The molecule has 1 heterocycles. The Labute approximate surface area is 65.2 Å². The van der Waals surface area contributed by atoms with Gasteiger partial charge in [0.15, 0.2) is 12.1 Å². The predicted octanol–water partition coefficient (Wildman–Crippen LogP) is 0.891. The quantitative estimate of drug-likeness (QED) is 0.603. The number of carbonyl (C=O) groups excluding carboxylic acids is 1. The van der Waals surface area contributed by atoms with Crippen molar-refractivity contribution >= 4 is 6.29 Å². The maximum Gasteiger partial charge on any atom is 0.196 e. The van der Waals surface area contributed by atoms with E-state index >= 15 is 0 Å². The van der Waals surface area contributed by atoms with Gasteiger partial charge < -0.3 is 4.57 Å². The first-order chi connectivity index (χ1) is 5.38. The fourth-order valence-corrected chi connectivity index (χ4v) is 0.856. The highest BCUT2D eigenvalue weighted by molar-refractivity contribution is 5.68. The second-order valence-corrected chi connectivity index (χ2v) is 2.35. The van der Waals surface area contributed by atoms with Crippen molar-refractivity contribution in [2.45, 2.75) is 26.3 Å². The molecule has 0 saturated carbocycles. The van der Waals surface area contributed by atoms with Gasteiger partial charge in [0.05, 0.1) is 0 Å². The zero-order chi connectivity index (χ0) is 8.10. The number of nitrogens with zero attached hydrogens (tertiary/aromatic N) is 3. The molecule has 0 aliphatic carbocycles. The molecule has 0 radical (unpaired) electrons. The molecule has 0 aliphatic rings. The Morgan fingerprint density at radius 2 is 2.55 bits per heavy atom. The maximum atomic E-state index is 10.3. The Kier molecular flexibility index (Phi) is 2.77. The summed E-state index contributed by atoms with van der Waals surface area (Å²) >= 11 is 0. The SMILES string of the molecule is CCCCn1cnnc1C=O. The molecule has 4 nitrogen and oxygen atoms in total. The molecule has 0 N–H and O–H groups in total. The minimum atomic E-state index is 0.415. The summed E-state index contributed by atoms with van der Waals surface area (Å²) in [6.07, 6.45) is 4.47. The number of aldehydes is 1. The molecule has 0 amide bonds. The zero-order valence-electron chi connectivity index (χ0n) is 6.53. The maximum absolute atomic E-state index is 10.3. The van der Waals surface area contributed by atoms with Crippen LogP contribution < -0.4 is 0 Å². The van der Waals surface area contributed by atoms with Crippen LogP contribution in [-0.2, 0) is 6.54 Å². The molecule has 0 saturated heterocycles. The molecule has 0 spiro atoms. The molecule has 11 heavy (non-hydrogen) atoms. The van der Waals surface area contributed by atoms with Crippen LogP contribution in [-0.4, -0.2) is 21.1 Å². The van der Waals surface area contributed by atoms with Crippen LogP contribution in [0.4, 0.5) is 0 Å². The van der Waals surface area contributed by atoms with E-state index in [1.165, 1.54) is 0 Å². The van der Waals surface area contributed by atoms with Crippen molar-refractivity contribution in [1.82, 2.24) is 14.8 Å². The van der Waals surface area contributed by atoms with Crippen molar-refractivity contribution in [1.29, 1.82) is 0 Å². The Morgan fingerprint density at radius 1 is 1.73 bits per heavy atom. The molecule has 0 atom stereocenters. The first kappa shape index (κ1) is 7.91. The molecule has 0 aromatic carbocycles. The summed E-state index contributed by atoms with van der Waals surface area (Å²) in [5, 5.41) is 7.26. The summed E-state index contributed by atoms with van der Waals surface area (Å²) in [5.74, 6) is 0.415. The lowest BCUT2D eigenvalue weighted by atomic mass is 10.3. The van der Waals surface area contributed by atoms with Crippen molar-refractivity contribution in [3.05, 3.63) is 12.2 Å². The normalized spacial score (nSPS) is 9.91. The lowest BCUT2D eigenvalue weighted by Crippen LogP contribution is -2.01. The van der Waals surface area contributed by atoms with E-state index in [2.05, 4.69) is 17.1 Å². The molecule has 0 fully saturated rings. The van der Waals surface area contributed by atoms with E-state index in [0.717, 1.165) is 25.7 Å². The fraction of sp³-hybridized carbons (Fsp3) is 0.571. The topological polar surface area (TPSA) is 47.8 Å². The Morgan fingerprint density at radius 3 is 3.18 bits per heavy atom. The van der Waals surface area contributed by atoms with Gasteiger partial charge in [-0.3, -0.25) is 4.79 Å². The second-order valence-electron chi connectivity index (χ2n) is 2.35. The molecule has 0 bridgehead atoms. The third-order valence-electron chi connectivity index (χ3n) is 1.50. The van der Waals surface area contributed by atoms with Crippen molar-refractivity contribution in [3.63, 3.8) is 0 Å². The summed E-state index contributed by atoms with van der Waals surface area (Å²) in [5.41, 5.74) is 0. The summed E-state index contributed by atoms with van der Waals surface area (Å²) in [4.78, 5) is 10.3. The standard InChI is InChI=1S/C7H11N3O/c1-2-3-4-10-6-8-9-7(10)5-11/h5-6H,2-4H2,1H3. The van der Waals surface area contributed by atoms with Crippen LogP contribution >= 0.6 is 0 Å². The van der Waals surface area contributed by atoms with Crippen molar-refractivity contribution in [3.8, 4) is 0 Å². The summed E-state index contributed by atoms with van der Waals surface area (Å²) < 4.78 is 1.76. The number of unbranched alkanes of at least 4 members (excludes halogenated alkanes) is 1. The number of carbonyl (C=O) groups is 1. The van der Waals surface area contributed by atoms with E-state index in [1.54, 1.807) is 10.9 Å². The molecule has 1 rings (SSSR count). The van der Waals surface area contributed by atoms with Crippen LogP contribution in [0.5, 0.6) is 0 Å². The highest BCUT2D eigenvalue weighted by atomic mass is 16.1. The van der Waals surface area contributed by atoms with Gasteiger partial charge >= 0.3 is 0 Å². The lowest BCUT2D eigenvalue weighted by Gasteiger charge is -1.98. The van der Waals surface area contributed by atoms with Gasteiger partial charge in [0.2, 0.25) is 0 Å². The Bertz CT molecular complexity index is 231. The van der Waals surface area contributed by atoms with Gasteiger partial charge in [-0.15, -0.1) is 10.2 Å². The molecular weight excluding hydrogens is 142 g/mol. The summed E-state index contributed by atoms with van der Waals surface area (Å²) in [6, 6.07) is 0. The largest absolute Gasteiger partial charge is 0.311 e. The second kappa shape index (κ2) is 3.85. The van der Waals surface area contributed by atoms with Crippen LogP contribution in [0, 0.1) is 0 Å². The van der Waals surface area contributed by atoms with Gasteiger partial charge in [-0.05, 0) is 6.42 Å². The van der Waals surface area contributed by atoms with E-state index in [4.69, 9.17) is 0 Å². The summed E-state index contributed by atoms with van der Waals surface area (Å²) in [7, 11) is 0. The van der Waals surface area contributed by atoms with Gasteiger partial charge in [-0.2, -0.15) is 0 Å². The van der Waals surface area contributed by atoms with Crippen molar-refractivity contribution < 1.29 is 4.79 Å². The highest BCUT2D eigenvalue weighted by Gasteiger charge is 1.99.